The third-order valence-electron chi connectivity index (χ3n) is 5.43. The highest BCUT2D eigenvalue weighted by atomic mass is 35.5. The van der Waals surface area contributed by atoms with Crippen LogP contribution in [0.3, 0.4) is 0 Å². The molecule has 0 atom stereocenters. The van der Waals surface area contributed by atoms with Crippen LogP contribution in [0, 0.1) is 0 Å². The summed E-state index contributed by atoms with van der Waals surface area (Å²) >= 11 is 12.2. The maximum atomic E-state index is 13.1. The summed E-state index contributed by atoms with van der Waals surface area (Å²) in [6.07, 6.45) is 1.63. The van der Waals surface area contributed by atoms with E-state index in [1.54, 1.807) is 42.6 Å². The number of aromatic nitrogens is 4. The first-order chi connectivity index (χ1) is 16.4. The molecule has 9 heteroatoms. The Bertz CT molecular complexity index is 1570. The van der Waals surface area contributed by atoms with Crippen molar-refractivity contribution >= 4 is 34.8 Å². The molecule has 0 bridgehead atoms. The van der Waals surface area contributed by atoms with Gasteiger partial charge in [0.25, 0.3) is 0 Å². The van der Waals surface area contributed by atoms with Crippen LogP contribution in [0.25, 0.3) is 27.9 Å². The highest BCUT2D eigenvalue weighted by molar-refractivity contribution is 6.31. The molecule has 5 aromatic rings. The van der Waals surface area contributed by atoms with Crippen LogP contribution in [0.2, 0.25) is 10.0 Å². The van der Waals surface area contributed by atoms with Gasteiger partial charge in [0.1, 0.15) is 0 Å². The van der Waals surface area contributed by atoms with Crippen molar-refractivity contribution in [3.8, 4) is 22.3 Å². The minimum Gasteiger partial charge on any atom is -0.478 e. The molecule has 2 aromatic heterocycles. The van der Waals surface area contributed by atoms with Crippen LogP contribution in [0.1, 0.15) is 15.9 Å². The van der Waals surface area contributed by atoms with Gasteiger partial charge in [-0.1, -0.05) is 59.6 Å². The highest BCUT2D eigenvalue weighted by Crippen LogP contribution is 2.35. The average molecular weight is 491 g/mol. The minimum atomic E-state index is -1.01. The second-order valence-corrected chi connectivity index (χ2v) is 8.50. The SMILES string of the molecule is O=C(O)c1ccc(Cn2nc3c(-c4ccc(Cl)cc4)c(-c4ccc(Cl)cc4)cnn3c2=O)cc1. The average Bonchev–Trinajstić information content (AvgIpc) is 3.15. The van der Waals surface area contributed by atoms with Gasteiger partial charge in [-0.05, 0) is 53.1 Å². The fourth-order valence-corrected chi connectivity index (χ4v) is 3.99. The Kier molecular flexibility index (Phi) is 5.65. The molecule has 0 aliphatic carbocycles. The lowest BCUT2D eigenvalue weighted by Crippen LogP contribution is -2.23. The molecular weight excluding hydrogens is 475 g/mol. The van der Waals surface area contributed by atoms with Gasteiger partial charge < -0.3 is 5.11 Å². The lowest BCUT2D eigenvalue weighted by Gasteiger charge is -2.11. The molecular formula is C25H16Cl2N4O3. The van der Waals surface area contributed by atoms with Crippen LogP contribution < -0.4 is 5.69 Å². The Morgan fingerprint density at radius 2 is 1.44 bits per heavy atom. The fourth-order valence-electron chi connectivity index (χ4n) is 3.74. The molecule has 0 saturated heterocycles. The van der Waals surface area contributed by atoms with E-state index >= 15 is 0 Å². The van der Waals surface area contributed by atoms with Gasteiger partial charge in [0, 0.05) is 21.2 Å². The Hall–Kier alpha value is -3.94. The fraction of sp³-hybridized carbons (Fsp3) is 0.0400. The monoisotopic (exact) mass is 490 g/mol. The third-order valence-corrected chi connectivity index (χ3v) is 5.94. The number of carboxylic acid groups (broad SMARTS) is 1. The molecule has 34 heavy (non-hydrogen) atoms. The van der Waals surface area contributed by atoms with Gasteiger partial charge in [0.15, 0.2) is 5.65 Å². The molecule has 0 aliphatic rings. The van der Waals surface area contributed by atoms with Crippen molar-refractivity contribution in [2.24, 2.45) is 0 Å². The van der Waals surface area contributed by atoms with E-state index in [1.807, 2.05) is 24.3 Å². The first-order valence-electron chi connectivity index (χ1n) is 10.2. The minimum absolute atomic E-state index is 0.165. The van der Waals surface area contributed by atoms with E-state index < -0.39 is 11.7 Å². The summed E-state index contributed by atoms with van der Waals surface area (Å²) in [5, 5.41) is 19.3. The van der Waals surface area contributed by atoms with E-state index in [0.29, 0.717) is 15.7 Å². The molecule has 0 amide bonds. The number of nitrogens with zero attached hydrogens (tertiary/aromatic N) is 4. The standard InChI is InChI=1S/C25H16Cl2N4O3/c26-19-9-5-16(6-10-19)21-13-28-31-23(22(21)17-7-11-20(27)12-8-17)29-30(25(31)34)14-15-1-3-18(4-2-15)24(32)33/h1-13H,14H2,(H,32,33). The molecule has 3 aromatic carbocycles. The zero-order valence-corrected chi connectivity index (χ0v) is 19.0. The van der Waals surface area contributed by atoms with Crippen molar-refractivity contribution in [2.45, 2.75) is 6.54 Å². The Labute approximate surface area is 203 Å². The van der Waals surface area contributed by atoms with Gasteiger partial charge in [-0.2, -0.15) is 9.61 Å². The molecule has 168 valence electrons. The van der Waals surface area contributed by atoms with Gasteiger partial charge in [0.05, 0.1) is 18.3 Å². The van der Waals surface area contributed by atoms with Crippen molar-refractivity contribution in [3.05, 3.63) is 111 Å². The summed E-state index contributed by atoms with van der Waals surface area (Å²) in [6.45, 7) is 0.165. The predicted molar refractivity (Wildman–Crippen MR) is 131 cm³/mol. The quantitative estimate of drug-likeness (QED) is 0.362. The lowest BCUT2D eigenvalue weighted by molar-refractivity contribution is 0.0697. The number of carbonyl (C=O) groups is 1. The number of benzene rings is 3. The Morgan fingerprint density at radius 1 is 0.853 bits per heavy atom. The summed E-state index contributed by atoms with van der Waals surface area (Å²) in [5.41, 5.74) is 4.10. The van der Waals surface area contributed by atoms with Crippen molar-refractivity contribution < 1.29 is 9.90 Å². The third kappa shape index (κ3) is 4.07. The van der Waals surface area contributed by atoms with Gasteiger partial charge >= 0.3 is 11.7 Å². The van der Waals surface area contributed by atoms with Gasteiger partial charge in [-0.25, -0.2) is 14.3 Å². The number of hydrogen-bond acceptors (Lipinski definition) is 4. The van der Waals surface area contributed by atoms with Crippen molar-refractivity contribution in [1.29, 1.82) is 0 Å². The predicted octanol–water partition coefficient (Wildman–Crippen LogP) is 5.28. The molecule has 7 nitrogen and oxygen atoms in total. The van der Waals surface area contributed by atoms with Crippen LogP contribution in [0.15, 0.2) is 83.8 Å². The molecule has 0 spiro atoms. The summed E-state index contributed by atoms with van der Waals surface area (Å²) in [4.78, 5) is 24.2. The van der Waals surface area contributed by atoms with Crippen molar-refractivity contribution in [1.82, 2.24) is 19.4 Å². The van der Waals surface area contributed by atoms with E-state index in [9.17, 15) is 9.59 Å². The zero-order valence-electron chi connectivity index (χ0n) is 17.5. The molecule has 0 aliphatic heterocycles. The van der Waals surface area contributed by atoms with Crippen LogP contribution >= 0.6 is 23.2 Å². The van der Waals surface area contributed by atoms with E-state index in [0.717, 1.165) is 27.8 Å². The van der Waals surface area contributed by atoms with Gasteiger partial charge in [0.2, 0.25) is 0 Å². The first-order valence-corrected chi connectivity index (χ1v) is 11.0. The van der Waals surface area contributed by atoms with E-state index in [-0.39, 0.29) is 12.1 Å². The summed E-state index contributed by atoms with van der Waals surface area (Å²) < 4.78 is 2.57. The largest absolute Gasteiger partial charge is 0.478 e. The number of fused-ring (bicyclic) bond motifs is 1. The van der Waals surface area contributed by atoms with Crippen molar-refractivity contribution in [2.75, 3.05) is 0 Å². The topological polar surface area (TPSA) is 89.5 Å². The molecule has 0 radical (unpaired) electrons. The Morgan fingerprint density at radius 3 is 2.03 bits per heavy atom. The van der Waals surface area contributed by atoms with Gasteiger partial charge in [-0.3, -0.25) is 0 Å². The second kappa shape index (κ2) is 8.78. The number of carboxylic acids is 1. The van der Waals surface area contributed by atoms with E-state index in [2.05, 4.69) is 10.2 Å². The van der Waals surface area contributed by atoms with Crippen LogP contribution in [0.5, 0.6) is 0 Å². The smallest absolute Gasteiger partial charge is 0.367 e. The normalized spacial score (nSPS) is 11.1. The lowest BCUT2D eigenvalue weighted by atomic mass is 9.97. The van der Waals surface area contributed by atoms with Crippen LogP contribution in [0.4, 0.5) is 0 Å². The maximum absolute atomic E-state index is 13.1. The number of hydrogen-bond donors (Lipinski definition) is 1. The number of rotatable bonds is 5. The van der Waals surface area contributed by atoms with Gasteiger partial charge in [-0.15, -0.1) is 5.10 Å². The van der Waals surface area contributed by atoms with E-state index in [1.165, 1.54) is 21.3 Å². The van der Waals surface area contributed by atoms with Crippen molar-refractivity contribution in [3.63, 3.8) is 0 Å². The zero-order chi connectivity index (χ0) is 23.8. The molecule has 0 saturated carbocycles. The van der Waals surface area contributed by atoms with E-state index in [4.69, 9.17) is 28.3 Å². The number of halogens is 2. The van der Waals surface area contributed by atoms with Crippen LogP contribution in [-0.2, 0) is 6.54 Å². The molecule has 0 fully saturated rings. The first kappa shape index (κ1) is 21.9. The Balaban J connectivity index is 1.68. The summed E-state index contributed by atoms with van der Waals surface area (Å²) in [6, 6.07) is 20.9. The second-order valence-electron chi connectivity index (χ2n) is 7.62. The molecule has 5 rings (SSSR count). The summed E-state index contributed by atoms with van der Waals surface area (Å²) in [5.74, 6) is -1.01. The van der Waals surface area contributed by atoms with Crippen LogP contribution in [-0.4, -0.2) is 30.5 Å². The highest BCUT2D eigenvalue weighted by Gasteiger charge is 2.19. The summed E-state index contributed by atoms with van der Waals surface area (Å²) in [7, 11) is 0. The number of aromatic carboxylic acids is 1. The maximum Gasteiger partial charge on any atom is 0.367 e. The molecule has 2 heterocycles. The molecule has 1 N–H and O–H groups in total. The molecule has 0 unspecified atom stereocenters.